The first kappa shape index (κ1) is 11.9. The SMILES string of the molecule is CC(C#N)N1CCN(c2ccccc2F)CC1. The maximum atomic E-state index is 13.6. The van der Waals surface area contributed by atoms with Gasteiger partial charge in [0.05, 0.1) is 17.8 Å². The zero-order chi connectivity index (χ0) is 12.3. The Morgan fingerprint density at radius 2 is 1.88 bits per heavy atom. The number of piperazine rings is 1. The summed E-state index contributed by atoms with van der Waals surface area (Å²) in [6, 6.07) is 9.02. The molecule has 1 atom stereocenters. The van der Waals surface area contributed by atoms with Crippen LogP contribution in [0.3, 0.4) is 0 Å². The van der Waals surface area contributed by atoms with Gasteiger partial charge in [-0.15, -0.1) is 0 Å². The number of nitriles is 1. The number of halogens is 1. The molecule has 1 aliphatic heterocycles. The third kappa shape index (κ3) is 2.56. The van der Waals surface area contributed by atoms with Gasteiger partial charge in [0.15, 0.2) is 0 Å². The zero-order valence-electron chi connectivity index (χ0n) is 9.93. The Morgan fingerprint density at radius 3 is 2.47 bits per heavy atom. The lowest BCUT2D eigenvalue weighted by Gasteiger charge is -2.37. The minimum absolute atomic E-state index is 0.0576. The highest BCUT2D eigenvalue weighted by Gasteiger charge is 2.22. The lowest BCUT2D eigenvalue weighted by Crippen LogP contribution is -2.49. The predicted octanol–water partition coefficient (Wildman–Crippen LogP) is 1.86. The van der Waals surface area contributed by atoms with Crippen molar-refractivity contribution in [3.8, 4) is 6.07 Å². The molecule has 1 heterocycles. The van der Waals surface area contributed by atoms with E-state index in [2.05, 4.69) is 11.0 Å². The lowest BCUT2D eigenvalue weighted by atomic mass is 10.2. The Balaban J connectivity index is 2.01. The summed E-state index contributed by atoms with van der Waals surface area (Å²) >= 11 is 0. The quantitative estimate of drug-likeness (QED) is 0.781. The van der Waals surface area contributed by atoms with Crippen molar-refractivity contribution in [2.45, 2.75) is 13.0 Å². The van der Waals surface area contributed by atoms with E-state index in [0.29, 0.717) is 5.69 Å². The number of nitrogens with zero attached hydrogens (tertiary/aromatic N) is 3. The van der Waals surface area contributed by atoms with Gasteiger partial charge in [0.25, 0.3) is 0 Å². The second kappa shape index (κ2) is 5.15. The van der Waals surface area contributed by atoms with E-state index in [4.69, 9.17) is 5.26 Å². The third-order valence-electron chi connectivity index (χ3n) is 3.24. The molecule has 3 nitrogen and oxygen atoms in total. The Hall–Kier alpha value is -1.60. The topological polar surface area (TPSA) is 30.3 Å². The summed E-state index contributed by atoms with van der Waals surface area (Å²) in [5.41, 5.74) is 0.664. The van der Waals surface area contributed by atoms with Crippen LogP contribution < -0.4 is 4.90 Å². The minimum Gasteiger partial charge on any atom is -0.367 e. The van der Waals surface area contributed by atoms with E-state index in [1.807, 2.05) is 17.9 Å². The molecule has 1 aromatic rings. The molecule has 1 saturated heterocycles. The molecule has 0 aromatic heterocycles. The molecular formula is C13H16FN3. The molecule has 2 rings (SSSR count). The van der Waals surface area contributed by atoms with E-state index in [1.54, 1.807) is 12.1 Å². The van der Waals surface area contributed by atoms with Crippen molar-refractivity contribution in [1.82, 2.24) is 4.90 Å². The van der Waals surface area contributed by atoms with E-state index in [-0.39, 0.29) is 11.9 Å². The van der Waals surface area contributed by atoms with Crippen molar-refractivity contribution in [2.24, 2.45) is 0 Å². The number of hydrogen-bond donors (Lipinski definition) is 0. The molecule has 0 amide bonds. The van der Waals surface area contributed by atoms with Crippen LogP contribution in [-0.2, 0) is 0 Å². The van der Waals surface area contributed by atoms with E-state index in [0.717, 1.165) is 26.2 Å². The standard InChI is InChI=1S/C13H16FN3/c1-11(10-15)16-6-8-17(9-7-16)13-5-3-2-4-12(13)14/h2-5,11H,6-9H2,1H3. The monoisotopic (exact) mass is 233 g/mol. The molecule has 17 heavy (non-hydrogen) atoms. The highest BCUT2D eigenvalue weighted by Crippen LogP contribution is 2.20. The minimum atomic E-state index is -0.172. The molecule has 0 N–H and O–H groups in total. The maximum absolute atomic E-state index is 13.6. The summed E-state index contributed by atoms with van der Waals surface area (Å²) in [7, 11) is 0. The van der Waals surface area contributed by atoms with Crippen molar-refractivity contribution < 1.29 is 4.39 Å². The Kier molecular flexibility index (Phi) is 3.60. The van der Waals surface area contributed by atoms with Gasteiger partial charge in [0, 0.05) is 26.2 Å². The van der Waals surface area contributed by atoms with Gasteiger partial charge in [-0.05, 0) is 19.1 Å². The smallest absolute Gasteiger partial charge is 0.146 e. The van der Waals surface area contributed by atoms with Crippen LogP contribution in [0.4, 0.5) is 10.1 Å². The van der Waals surface area contributed by atoms with Gasteiger partial charge in [-0.25, -0.2) is 4.39 Å². The largest absolute Gasteiger partial charge is 0.367 e. The number of para-hydroxylation sites is 1. The van der Waals surface area contributed by atoms with Crippen molar-refractivity contribution in [2.75, 3.05) is 31.1 Å². The molecule has 0 saturated carbocycles. The van der Waals surface area contributed by atoms with Crippen molar-refractivity contribution >= 4 is 5.69 Å². The Bertz CT molecular complexity index is 419. The van der Waals surface area contributed by atoms with Crippen molar-refractivity contribution in [3.05, 3.63) is 30.1 Å². The second-order valence-corrected chi connectivity index (χ2v) is 4.28. The first-order chi connectivity index (χ1) is 8.22. The molecular weight excluding hydrogens is 217 g/mol. The van der Waals surface area contributed by atoms with Crippen molar-refractivity contribution in [1.29, 1.82) is 5.26 Å². The third-order valence-corrected chi connectivity index (χ3v) is 3.24. The van der Waals surface area contributed by atoms with Crippen LogP contribution in [0, 0.1) is 17.1 Å². The Morgan fingerprint density at radius 1 is 1.24 bits per heavy atom. The van der Waals surface area contributed by atoms with Crippen LogP contribution in [0.15, 0.2) is 24.3 Å². The fraction of sp³-hybridized carbons (Fsp3) is 0.462. The average Bonchev–Trinajstić information content (AvgIpc) is 2.39. The predicted molar refractivity (Wildman–Crippen MR) is 65.3 cm³/mol. The van der Waals surface area contributed by atoms with Gasteiger partial charge in [0.1, 0.15) is 5.82 Å². The molecule has 0 aliphatic carbocycles. The van der Waals surface area contributed by atoms with Crippen LogP contribution in [0.2, 0.25) is 0 Å². The summed E-state index contributed by atoms with van der Waals surface area (Å²) in [6.07, 6.45) is 0. The van der Waals surface area contributed by atoms with Crippen LogP contribution in [0.1, 0.15) is 6.92 Å². The van der Waals surface area contributed by atoms with E-state index in [9.17, 15) is 4.39 Å². The summed E-state index contributed by atoms with van der Waals surface area (Å²) < 4.78 is 13.6. The molecule has 1 aromatic carbocycles. The lowest BCUT2D eigenvalue weighted by molar-refractivity contribution is 0.231. The number of hydrogen-bond acceptors (Lipinski definition) is 3. The Labute approximate surface area is 101 Å². The molecule has 90 valence electrons. The van der Waals surface area contributed by atoms with Crippen LogP contribution in [-0.4, -0.2) is 37.1 Å². The molecule has 0 spiro atoms. The summed E-state index contributed by atoms with van der Waals surface area (Å²) in [5, 5.41) is 8.85. The number of rotatable bonds is 2. The highest BCUT2D eigenvalue weighted by atomic mass is 19.1. The van der Waals surface area contributed by atoms with Gasteiger partial charge in [0.2, 0.25) is 0 Å². The highest BCUT2D eigenvalue weighted by molar-refractivity contribution is 5.48. The molecule has 4 heteroatoms. The molecule has 1 aliphatic rings. The number of benzene rings is 1. The van der Waals surface area contributed by atoms with Crippen LogP contribution in [0.5, 0.6) is 0 Å². The summed E-state index contributed by atoms with van der Waals surface area (Å²) in [4.78, 5) is 4.16. The summed E-state index contributed by atoms with van der Waals surface area (Å²) in [5.74, 6) is -0.172. The zero-order valence-corrected chi connectivity index (χ0v) is 9.93. The van der Waals surface area contributed by atoms with E-state index >= 15 is 0 Å². The summed E-state index contributed by atoms with van der Waals surface area (Å²) in [6.45, 7) is 5.06. The first-order valence-electron chi connectivity index (χ1n) is 5.85. The van der Waals surface area contributed by atoms with Crippen LogP contribution in [0.25, 0.3) is 0 Å². The normalized spacial score (nSPS) is 18.8. The molecule has 1 fully saturated rings. The first-order valence-corrected chi connectivity index (χ1v) is 5.85. The van der Waals surface area contributed by atoms with E-state index < -0.39 is 0 Å². The fourth-order valence-electron chi connectivity index (χ4n) is 2.14. The maximum Gasteiger partial charge on any atom is 0.146 e. The number of anilines is 1. The van der Waals surface area contributed by atoms with Gasteiger partial charge in [-0.1, -0.05) is 12.1 Å². The second-order valence-electron chi connectivity index (χ2n) is 4.28. The molecule has 1 unspecified atom stereocenters. The van der Waals surface area contributed by atoms with Gasteiger partial charge >= 0.3 is 0 Å². The fourth-order valence-corrected chi connectivity index (χ4v) is 2.14. The van der Waals surface area contributed by atoms with Crippen molar-refractivity contribution in [3.63, 3.8) is 0 Å². The van der Waals surface area contributed by atoms with Crippen LogP contribution >= 0.6 is 0 Å². The van der Waals surface area contributed by atoms with Gasteiger partial charge < -0.3 is 4.90 Å². The average molecular weight is 233 g/mol. The molecule has 0 radical (unpaired) electrons. The molecule has 0 bridgehead atoms. The van der Waals surface area contributed by atoms with Gasteiger partial charge in [-0.2, -0.15) is 5.26 Å². The van der Waals surface area contributed by atoms with E-state index in [1.165, 1.54) is 6.07 Å². The van der Waals surface area contributed by atoms with Gasteiger partial charge in [-0.3, -0.25) is 4.90 Å².